The number of ketones is 1. The summed E-state index contributed by atoms with van der Waals surface area (Å²) in [7, 11) is 0. The second-order valence-corrected chi connectivity index (χ2v) is 5.74. The Kier molecular flexibility index (Phi) is 4.45. The third-order valence-corrected chi connectivity index (χ3v) is 3.90. The van der Waals surface area contributed by atoms with E-state index in [9.17, 15) is 4.79 Å². The molecule has 0 aliphatic heterocycles. The van der Waals surface area contributed by atoms with Crippen molar-refractivity contribution in [2.75, 3.05) is 5.73 Å². The first kappa shape index (κ1) is 13.9. The van der Waals surface area contributed by atoms with E-state index in [-0.39, 0.29) is 11.0 Å². The van der Waals surface area contributed by atoms with Gasteiger partial charge in [0.15, 0.2) is 5.78 Å². The number of hydrogen-bond acceptors (Lipinski definition) is 4. The van der Waals surface area contributed by atoms with E-state index in [1.165, 1.54) is 11.8 Å². The molecule has 0 fully saturated rings. The average molecular weight is 293 g/mol. The number of nitrogens with zero attached hydrogens (tertiary/aromatic N) is 1. The molecule has 0 spiro atoms. The number of carbonyl (C=O) groups is 1. The van der Waals surface area contributed by atoms with Crippen LogP contribution in [0, 0.1) is 0 Å². The molecule has 2 aromatic rings. The van der Waals surface area contributed by atoms with Crippen LogP contribution in [0.25, 0.3) is 0 Å². The second-order valence-electron chi connectivity index (χ2n) is 4.02. The molecule has 0 bridgehead atoms. The van der Waals surface area contributed by atoms with Gasteiger partial charge in [-0.1, -0.05) is 53.7 Å². The van der Waals surface area contributed by atoms with Crippen LogP contribution < -0.4 is 5.73 Å². The van der Waals surface area contributed by atoms with Gasteiger partial charge in [0.2, 0.25) is 0 Å². The third-order valence-electron chi connectivity index (χ3n) is 2.57. The molecule has 0 radical (unpaired) electrons. The molecule has 0 saturated heterocycles. The fourth-order valence-electron chi connectivity index (χ4n) is 1.58. The average Bonchev–Trinajstić information content (AvgIpc) is 2.43. The summed E-state index contributed by atoms with van der Waals surface area (Å²) in [6, 6.07) is 12.5. The summed E-state index contributed by atoms with van der Waals surface area (Å²) < 4.78 is 0. The molecule has 19 heavy (non-hydrogen) atoms. The Balaban J connectivity index is 2.15. The molecule has 0 aliphatic rings. The standard InChI is InChI=1S/C14H13ClN2OS/c1-9(13(18)10-5-3-2-4-6-10)19-14-11(16)7-8-12(15)17-14/h2-9H,16H2,1H3. The SMILES string of the molecule is CC(Sc1nc(Cl)ccc1N)C(=O)c1ccccc1. The van der Waals surface area contributed by atoms with E-state index in [1.54, 1.807) is 24.3 Å². The number of anilines is 1. The predicted octanol–water partition coefficient (Wildman–Crippen LogP) is 3.68. The summed E-state index contributed by atoms with van der Waals surface area (Å²) >= 11 is 7.15. The Morgan fingerprint density at radius 1 is 1.26 bits per heavy atom. The van der Waals surface area contributed by atoms with Crippen molar-refractivity contribution in [1.29, 1.82) is 0 Å². The molecule has 2 N–H and O–H groups in total. The minimum atomic E-state index is -0.268. The number of pyridine rings is 1. The van der Waals surface area contributed by atoms with Crippen LogP contribution in [-0.4, -0.2) is 16.0 Å². The summed E-state index contributed by atoms with van der Waals surface area (Å²) in [6.07, 6.45) is 0. The molecule has 0 amide bonds. The van der Waals surface area contributed by atoms with Gasteiger partial charge in [-0.15, -0.1) is 0 Å². The Morgan fingerprint density at radius 2 is 1.95 bits per heavy atom. The zero-order valence-electron chi connectivity index (χ0n) is 10.3. The number of nitrogen functional groups attached to an aromatic ring is 1. The van der Waals surface area contributed by atoms with Crippen LogP contribution in [0.1, 0.15) is 17.3 Å². The van der Waals surface area contributed by atoms with Crippen LogP contribution in [0.2, 0.25) is 5.15 Å². The summed E-state index contributed by atoms with van der Waals surface area (Å²) in [5, 5.41) is 0.691. The maximum absolute atomic E-state index is 12.2. The lowest BCUT2D eigenvalue weighted by Gasteiger charge is -2.11. The fourth-order valence-corrected chi connectivity index (χ4v) is 2.71. The van der Waals surface area contributed by atoms with Crippen molar-refractivity contribution < 1.29 is 4.79 Å². The van der Waals surface area contributed by atoms with Gasteiger partial charge in [-0.25, -0.2) is 4.98 Å². The van der Waals surface area contributed by atoms with Crippen molar-refractivity contribution in [2.24, 2.45) is 0 Å². The number of halogens is 1. The van der Waals surface area contributed by atoms with Gasteiger partial charge in [0, 0.05) is 5.56 Å². The lowest BCUT2D eigenvalue weighted by molar-refractivity contribution is 0.0994. The Labute approximate surface area is 121 Å². The van der Waals surface area contributed by atoms with E-state index in [1.807, 2.05) is 25.1 Å². The summed E-state index contributed by atoms with van der Waals surface area (Å²) in [4.78, 5) is 16.4. The van der Waals surface area contributed by atoms with Crippen molar-refractivity contribution in [1.82, 2.24) is 4.98 Å². The van der Waals surface area contributed by atoms with E-state index in [2.05, 4.69) is 4.98 Å². The molecule has 0 aliphatic carbocycles. The number of Topliss-reactive ketones (excluding diaryl/α,β-unsaturated/α-hetero) is 1. The number of hydrogen-bond donors (Lipinski definition) is 1. The fraction of sp³-hybridized carbons (Fsp3) is 0.143. The van der Waals surface area contributed by atoms with Gasteiger partial charge in [-0.3, -0.25) is 4.79 Å². The van der Waals surface area contributed by atoms with E-state index < -0.39 is 0 Å². The second kappa shape index (κ2) is 6.08. The summed E-state index contributed by atoms with van der Waals surface area (Å²) in [6.45, 7) is 1.84. The Hall–Kier alpha value is -1.52. The maximum Gasteiger partial charge on any atom is 0.175 e. The van der Waals surface area contributed by atoms with Crippen LogP contribution in [0.5, 0.6) is 0 Å². The van der Waals surface area contributed by atoms with Gasteiger partial charge in [-0.05, 0) is 19.1 Å². The number of aromatic nitrogens is 1. The van der Waals surface area contributed by atoms with Crippen LogP contribution in [0.15, 0.2) is 47.5 Å². The van der Waals surface area contributed by atoms with Gasteiger partial charge < -0.3 is 5.73 Å². The number of benzene rings is 1. The van der Waals surface area contributed by atoms with Crippen LogP contribution in [-0.2, 0) is 0 Å². The van der Waals surface area contributed by atoms with Gasteiger partial charge in [0.05, 0.1) is 10.9 Å². The van der Waals surface area contributed by atoms with E-state index in [4.69, 9.17) is 17.3 Å². The van der Waals surface area contributed by atoms with Crippen LogP contribution in [0.3, 0.4) is 0 Å². The van der Waals surface area contributed by atoms with Crippen molar-refractivity contribution >= 4 is 34.8 Å². The number of carbonyl (C=O) groups excluding carboxylic acids is 1. The summed E-state index contributed by atoms with van der Waals surface area (Å²) in [5.41, 5.74) is 7.04. The summed E-state index contributed by atoms with van der Waals surface area (Å²) in [5.74, 6) is 0.0479. The van der Waals surface area contributed by atoms with Crippen LogP contribution in [0.4, 0.5) is 5.69 Å². The van der Waals surface area contributed by atoms with E-state index >= 15 is 0 Å². The van der Waals surface area contributed by atoms with Gasteiger partial charge in [0.25, 0.3) is 0 Å². The zero-order chi connectivity index (χ0) is 13.8. The van der Waals surface area contributed by atoms with Gasteiger partial charge in [0.1, 0.15) is 10.2 Å². The van der Waals surface area contributed by atoms with E-state index in [0.29, 0.717) is 21.4 Å². The third kappa shape index (κ3) is 3.49. The molecule has 1 aromatic heterocycles. The lowest BCUT2D eigenvalue weighted by atomic mass is 10.1. The highest BCUT2D eigenvalue weighted by Crippen LogP contribution is 2.29. The molecule has 3 nitrogen and oxygen atoms in total. The molecule has 1 unspecified atom stereocenters. The lowest BCUT2D eigenvalue weighted by Crippen LogP contribution is -2.14. The first-order chi connectivity index (χ1) is 9.08. The van der Waals surface area contributed by atoms with Gasteiger partial charge >= 0.3 is 0 Å². The minimum absolute atomic E-state index is 0.0479. The Morgan fingerprint density at radius 3 is 2.63 bits per heavy atom. The highest BCUT2D eigenvalue weighted by molar-refractivity contribution is 8.00. The molecule has 1 atom stereocenters. The largest absolute Gasteiger partial charge is 0.397 e. The molecule has 1 heterocycles. The molecule has 2 rings (SSSR count). The minimum Gasteiger partial charge on any atom is -0.397 e. The molecule has 0 saturated carbocycles. The molecule has 98 valence electrons. The topological polar surface area (TPSA) is 56.0 Å². The monoisotopic (exact) mass is 292 g/mol. The molecule has 5 heteroatoms. The zero-order valence-corrected chi connectivity index (χ0v) is 11.9. The van der Waals surface area contributed by atoms with Crippen molar-refractivity contribution in [3.8, 4) is 0 Å². The van der Waals surface area contributed by atoms with Crippen molar-refractivity contribution in [3.05, 3.63) is 53.2 Å². The first-order valence-electron chi connectivity index (χ1n) is 5.76. The molecule has 1 aromatic carbocycles. The smallest absolute Gasteiger partial charge is 0.175 e. The van der Waals surface area contributed by atoms with Crippen LogP contribution >= 0.6 is 23.4 Å². The van der Waals surface area contributed by atoms with Gasteiger partial charge in [-0.2, -0.15) is 0 Å². The Bertz CT molecular complexity index is 589. The van der Waals surface area contributed by atoms with Crippen molar-refractivity contribution in [2.45, 2.75) is 17.2 Å². The van der Waals surface area contributed by atoms with E-state index in [0.717, 1.165) is 0 Å². The number of nitrogens with two attached hydrogens (primary N) is 1. The highest BCUT2D eigenvalue weighted by Gasteiger charge is 2.18. The molecular formula is C14H13ClN2OS. The predicted molar refractivity (Wildman–Crippen MR) is 79.8 cm³/mol. The quantitative estimate of drug-likeness (QED) is 0.530. The number of rotatable bonds is 4. The van der Waals surface area contributed by atoms with Crippen molar-refractivity contribution in [3.63, 3.8) is 0 Å². The highest BCUT2D eigenvalue weighted by atomic mass is 35.5. The molecular weight excluding hydrogens is 280 g/mol. The number of thioether (sulfide) groups is 1. The normalized spacial score (nSPS) is 12.1. The first-order valence-corrected chi connectivity index (χ1v) is 7.01. The maximum atomic E-state index is 12.2.